The Hall–Kier alpha value is -1.11. The van der Waals surface area contributed by atoms with Gasteiger partial charge in [-0.25, -0.2) is 0 Å². The van der Waals surface area contributed by atoms with E-state index in [2.05, 4.69) is 27.8 Å². The van der Waals surface area contributed by atoms with Crippen molar-refractivity contribution in [2.75, 3.05) is 26.2 Å². The number of nitrogens with zero attached hydrogens (tertiary/aromatic N) is 2. The van der Waals surface area contributed by atoms with E-state index in [1.807, 2.05) is 24.0 Å². The maximum absolute atomic E-state index is 12.9. The maximum atomic E-state index is 12.9. The molecule has 0 aromatic heterocycles. The number of phenols is 1. The zero-order valence-electron chi connectivity index (χ0n) is 17.0. The third-order valence-electron chi connectivity index (χ3n) is 6.65. The summed E-state index contributed by atoms with van der Waals surface area (Å²) in [4.78, 5) is 17.4. The molecule has 1 aromatic carbocycles. The second-order valence-electron chi connectivity index (χ2n) is 8.56. The van der Waals surface area contributed by atoms with Crippen molar-refractivity contribution in [2.24, 2.45) is 5.92 Å². The van der Waals surface area contributed by atoms with Crippen molar-refractivity contribution in [3.05, 3.63) is 28.2 Å². The average Bonchev–Trinajstić information content (AvgIpc) is 2.71. The number of likely N-dealkylation sites (tertiary alicyclic amines) is 2. The summed E-state index contributed by atoms with van der Waals surface area (Å²) < 4.78 is 0.668. The third kappa shape index (κ3) is 5.08. The Bertz CT molecular complexity index is 680. The van der Waals surface area contributed by atoms with E-state index in [0.29, 0.717) is 16.9 Å². The van der Waals surface area contributed by atoms with Gasteiger partial charge in [0.05, 0.1) is 10.1 Å². The zero-order valence-corrected chi connectivity index (χ0v) is 18.6. The average molecular weight is 453 g/mol. The predicted molar refractivity (Wildman–Crippen MR) is 114 cm³/mol. The van der Waals surface area contributed by atoms with Crippen LogP contribution in [-0.2, 0) is 11.2 Å². The monoisotopic (exact) mass is 452 g/mol. The van der Waals surface area contributed by atoms with Crippen LogP contribution in [0.1, 0.15) is 51.5 Å². The minimum atomic E-state index is -0.466. The number of amides is 1. The van der Waals surface area contributed by atoms with E-state index in [1.54, 1.807) is 6.07 Å². The fourth-order valence-corrected chi connectivity index (χ4v) is 4.97. The molecule has 2 aliphatic heterocycles. The van der Waals surface area contributed by atoms with E-state index in [0.717, 1.165) is 63.8 Å². The molecule has 2 aliphatic rings. The van der Waals surface area contributed by atoms with Gasteiger partial charge < -0.3 is 20.0 Å². The fourth-order valence-electron chi connectivity index (χ4n) is 4.54. The topological polar surface area (TPSA) is 64.0 Å². The number of aliphatic hydroxyl groups is 1. The van der Waals surface area contributed by atoms with Crippen LogP contribution in [0, 0.1) is 5.92 Å². The van der Waals surface area contributed by atoms with E-state index >= 15 is 0 Å². The Morgan fingerprint density at radius 3 is 2.46 bits per heavy atom. The second-order valence-corrected chi connectivity index (χ2v) is 9.42. The number of rotatable bonds is 5. The molecule has 0 saturated carbocycles. The molecule has 2 N–H and O–H groups in total. The summed E-state index contributed by atoms with van der Waals surface area (Å²) in [5, 5.41) is 20.1. The first-order valence-electron chi connectivity index (χ1n) is 10.5. The molecule has 0 spiro atoms. The largest absolute Gasteiger partial charge is 0.507 e. The smallest absolute Gasteiger partial charge is 0.225 e. The lowest BCUT2D eigenvalue weighted by atomic mass is 9.87. The minimum absolute atomic E-state index is 0.0671. The lowest BCUT2D eigenvalue weighted by Gasteiger charge is -2.44. The number of hydrogen-bond donors (Lipinski definition) is 2. The van der Waals surface area contributed by atoms with Gasteiger partial charge in [-0.1, -0.05) is 19.9 Å². The van der Waals surface area contributed by atoms with Crippen LogP contribution >= 0.6 is 15.9 Å². The number of halogens is 1. The molecule has 0 bridgehead atoms. The van der Waals surface area contributed by atoms with Crippen LogP contribution in [0.2, 0.25) is 0 Å². The van der Waals surface area contributed by atoms with Gasteiger partial charge in [0.15, 0.2) is 0 Å². The van der Waals surface area contributed by atoms with Crippen LogP contribution in [0.3, 0.4) is 0 Å². The van der Waals surface area contributed by atoms with Crippen LogP contribution in [0.15, 0.2) is 22.7 Å². The van der Waals surface area contributed by atoms with Gasteiger partial charge >= 0.3 is 0 Å². The van der Waals surface area contributed by atoms with Gasteiger partial charge in [-0.2, -0.15) is 0 Å². The summed E-state index contributed by atoms with van der Waals surface area (Å²) in [5.41, 5.74) is 0.586. The van der Waals surface area contributed by atoms with E-state index < -0.39 is 5.60 Å². The first kappa shape index (κ1) is 21.6. The van der Waals surface area contributed by atoms with Crippen molar-refractivity contribution in [3.63, 3.8) is 0 Å². The number of carbonyl (C=O) groups excluding carboxylic acids is 1. The number of piperidine rings is 2. The first-order chi connectivity index (χ1) is 13.3. The minimum Gasteiger partial charge on any atom is -0.507 e. The van der Waals surface area contributed by atoms with Crippen LogP contribution in [0.25, 0.3) is 0 Å². The van der Waals surface area contributed by atoms with Crippen LogP contribution in [0.5, 0.6) is 5.75 Å². The third-order valence-corrected chi connectivity index (χ3v) is 7.29. The highest BCUT2D eigenvalue weighted by Crippen LogP contribution is 2.29. The summed E-state index contributed by atoms with van der Waals surface area (Å²) in [7, 11) is 0. The molecule has 156 valence electrons. The van der Waals surface area contributed by atoms with Gasteiger partial charge in [-0.3, -0.25) is 4.79 Å². The molecular weight excluding hydrogens is 420 g/mol. The van der Waals surface area contributed by atoms with Crippen molar-refractivity contribution >= 4 is 21.8 Å². The second kappa shape index (κ2) is 9.14. The summed E-state index contributed by atoms with van der Waals surface area (Å²) in [6.07, 6.45) is 5.29. The first-order valence-corrected chi connectivity index (χ1v) is 11.3. The molecule has 2 heterocycles. The molecule has 1 atom stereocenters. The molecule has 0 unspecified atom stereocenters. The molecule has 6 heteroatoms. The highest BCUT2D eigenvalue weighted by Gasteiger charge is 2.35. The Morgan fingerprint density at radius 2 is 1.89 bits per heavy atom. The summed E-state index contributed by atoms with van der Waals surface area (Å²) >= 11 is 3.34. The van der Waals surface area contributed by atoms with E-state index in [9.17, 15) is 15.0 Å². The standard InChI is InChI=1S/C22H33BrN2O3/c1-3-22(28)8-12-24(13-9-22)18-6-10-25(11-7-18)21(27)16(2)14-17-4-5-20(26)19(23)15-17/h4-5,15-16,18,26,28H,3,6-14H2,1-2H3/t16-/m1/s1. The summed E-state index contributed by atoms with van der Waals surface area (Å²) in [6, 6.07) is 5.97. The quantitative estimate of drug-likeness (QED) is 0.716. The van der Waals surface area contributed by atoms with Gasteiger partial charge in [-0.05, 0) is 72.2 Å². The molecule has 1 aromatic rings. The van der Waals surface area contributed by atoms with Crippen molar-refractivity contribution in [3.8, 4) is 5.75 Å². The molecule has 5 nitrogen and oxygen atoms in total. The van der Waals surface area contributed by atoms with Crippen molar-refractivity contribution in [1.29, 1.82) is 0 Å². The van der Waals surface area contributed by atoms with Crippen molar-refractivity contribution < 1.29 is 15.0 Å². The zero-order chi connectivity index (χ0) is 20.3. The van der Waals surface area contributed by atoms with Gasteiger partial charge in [0.1, 0.15) is 5.75 Å². The molecule has 0 aliphatic carbocycles. The predicted octanol–water partition coefficient (Wildman–Crippen LogP) is 3.56. The molecule has 0 radical (unpaired) electrons. The highest BCUT2D eigenvalue weighted by molar-refractivity contribution is 9.10. The van der Waals surface area contributed by atoms with Gasteiger partial charge in [0, 0.05) is 38.1 Å². The number of aromatic hydroxyl groups is 1. The molecule has 1 amide bonds. The SMILES string of the molecule is CCC1(O)CCN(C2CCN(C(=O)[C@H](C)Cc3ccc(O)c(Br)c3)CC2)CC1. The molecular formula is C22H33BrN2O3. The fraction of sp³-hybridized carbons (Fsp3) is 0.682. The van der Waals surface area contributed by atoms with Crippen molar-refractivity contribution in [2.45, 2.75) is 64.0 Å². The Labute approximate surface area is 176 Å². The lowest BCUT2D eigenvalue weighted by Crippen LogP contribution is -2.52. The van der Waals surface area contributed by atoms with E-state index in [4.69, 9.17) is 0 Å². The van der Waals surface area contributed by atoms with Crippen LogP contribution in [0.4, 0.5) is 0 Å². The van der Waals surface area contributed by atoms with E-state index in [1.165, 1.54) is 0 Å². The Morgan fingerprint density at radius 1 is 1.25 bits per heavy atom. The highest BCUT2D eigenvalue weighted by atomic mass is 79.9. The summed E-state index contributed by atoms with van der Waals surface area (Å²) in [5.74, 6) is 0.379. The van der Waals surface area contributed by atoms with Gasteiger partial charge in [0.2, 0.25) is 5.91 Å². The lowest BCUT2D eigenvalue weighted by molar-refractivity contribution is -0.136. The van der Waals surface area contributed by atoms with Gasteiger partial charge in [0.25, 0.3) is 0 Å². The number of hydrogen-bond acceptors (Lipinski definition) is 4. The Balaban J connectivity index is 1.47. The molecule has 3 rings (SSSR count). The van der Waals surface area contributed by atoms with Crippen LogP contribution < -0.4 is 0 Å². The normalized spacial score (nSPS) is 22.2. The molecule has 2 saturated heterocycles. The Kier molecular flexibility index (Phi) is 7.05. The molecule has 28 heavy (non-hydrogen) atoms. The van der Waals surface area contributed by atoms with Gasteiger partial charge in [-0.15, -0.1) is 0 Å². The number of benzene rings is 1. The molecule has 2 fully saturated rings. The van der Waals surface area contributed by atoms with Crippen molar-refractivity contribution in [1.82, 2.24) is 9.80 Å². The summed E-state index contributed by atoms with van der Waals surface area (Å²) in [6.45, 7) is 7.64. The maximum Gasteiger partial charge on any atom is 0.225 e. The number of phenolic OH excluding ortho intramolecular Hbond substituents is 1. The number of carbonyl (C=O) groups is 1. The van der Waals surface area contributed by atoms with E-state index in [-0.39, 0.29) is 17.6 Å². The van der Waals surface area contributed by atoms with Crippen LogP contribution in [-0.4, -0.2) is 63.7 Å².